The number of hydrogen-bond donors (Lipinski definition) is 0. The van der Waals surface area contributed by atoms with E-state index in [9.17, 15) is 5.26 Å². The summed E-state index contributed by atoms with van der Waals surface area (Å²) in [7, 11) is 0. The van der Waals surface area contributed by atoms with Crippen LogP contribution in [-0.2, 0) is 6.61 Å². The summed E-state index contributed by atoms with van der Waals surface area (Å²) in [4.78, 5) is 0. The number of nitrogens with zero attached hydrogens (tertiary/aromatic N) is 1. The molecule has 30 heavy (non-hydrogen) atoms. The molecule has 0 saturated heterocycles. The van der Waals surface area contributed by atoms with Crippen molar-refractivity contribution in [2.24, 2.45) is 0 Å². The van der Waals surface area contributed by atoms with Crippen LogP contribution in [0.25, 0.3) is 11.6 Å². The maximum Gasteiger partial charge on any atom is 0.180 e. The van der Waals surface area contributed by atoms with Gasteiger partial charge >= 0.3 is 0 Å². The molecule has 0 fully saturated rings. The number of ether oxygens (including phenoxy) is 2. The van der Waals surface area contributed by atoms with Gasteiger partial charge in [-0.3, -0.25) is 0 Å². The minimum atomic E-state index is 0.332. The Morgan fingerprint density at radius 3 is 2.33 bits per heavy atom. The number of rotatable bonds is 7. The molecule has 152 valence electrons. The molecule has 0 bridgehead atoms. The van der Waals surface area contributed by atoms with Crippen molar-refractivity contribution in [1.82, 2.24) is 0 Å². The Kier molecular flexibility index (Phi) is 7.41. The lowest BCUT2D eigenvalue weighted by molar-refractivity contribution is 0.269. The van der Waals surface area contributed by atoms with Crippen LogP contribution in [0, 0.1) is 18.3 Å². The third-order valence-corrected chi connectivity index (χ3v) is 4.95. The minimum absolute atomic E-state index is 0.332. The highest BCUT2D eigenvalue weighted by Crippen LogP contribution is 2.38. The van der Waals surface area contributed by atoms with E-state index in [1.165, 1.54) is 0 Å². The van der Waals surface area contributed by atoms with Crippen molar-refractivity contribution in [2.75, 3.05) is 6.61 Å². The zero-order chi connectivity index (χ0) is 21.5. The Morgan fingerprint density at radius 1 is 1.00 bits per heavy atom. The molecule has 3 rings (SSSR count). The maximum absolute atomic E-state index is 9.62. The molecule has 0 aliphatic carbocycles. The SMILES string of the molecule is CCOc1cc(/C=C(/C#N)c2ccc(C)cc2)cc(Cl)c1OCc1ccc(Cl)cc1. The Hall–Kier alpha value is -2.93. The van der Waals surface area contributed by atoms with Crippen LogP contribution in [-0.4, -0.2) is 6.61 Å². The molecule has 5 heteroatoms. The summed E-state index contributed by atoms with van der Waals surface area (Å²) in [6.07, 6.45) is 1.79. The lowest BCUT2D eigenvalue weighted by Gasteiger charge is -2.15. The van der Waals surface area contributed by atoms with Gasteiger partial charge in [0.25, 0.3) is 0 Å². The van der Waals surface area contributed by atoms with Crippen LogP contribution < -0.4 is 9.47 Å². The Bertz CT molecular complexity index is 1080. The van der Waals surface area contributed by atoms with E-state index in [4.69, 9.17) is 32.7 Å². The van der Waals surface area contributed by atoms with Gasteiger partial charge in [0.05, 0.1) is 23.3 Å². The minimum Gasteiger partial charge on any atom is -0.490 e. The highest BCUT2D eigenvalue weighted by molar-refractivity contribution is 6.32. The topological polar surface area (TPSA) is 42.2 Å². The molecule has 0 aliphatic rings. The van der Waals surface area contributed by atoms with Gasteiger partial charge < -0.3 is 9.47 Å². The molecule has 3 aromatic carbocycles. The smallest absolute Gasteiger partial charge is 0.180 e. The van der Waals surface area contributed by atoms with Crippen molar-refractivity contribution in [3.63, 3.8) is 0 Å². The van der Waals surface area contributed by atoms with Crippen molar-refractivity contribution >= 4 is 34.9 Å². The Morgan fingerprint density at radius 2 is 1.70 bits per heavy atom. The molecule has 0 heterocycles. The average Bonchev–Trinajstić information content (AvgIpc) is 2.73. The second kappa shape index (κ2) is 10.2. The third-order valence-electron chi connectivity index (χ3n) is 4.42. The molecule has 0 amide bonds. The van der Waals surface area contributed by atoms with Crippen LogP contribution >= 0.6 is 23.2 Å². The quantitative estimate of drug-likeness (QED) is 0.286. The second-order valence-electron chi connectivity index (χ2n) is 6.71. The van der Waals surface area contributed by atoms with Gasteiger partial charge in [0.1, 0.15) is 6.61 Å². The largest absolute Gasteiger partial charge is 0.490 e. The van der Waals surface area contributed by atoms with Crippen LogP contribution in [0.3, 0.4) is 0 Å². The molecule has 3 nitrogen and oxygen atoms in total. The Balaban J connectivity index is 1.90. The second-order valence-corrected chi connectivity index (χ2v) is 7.56. The standard InChI is InChI=1S/C25H21Cl2NO2/c1-3-29-24-14-19(12-21(15-28)20-8-4-17(2)5-9-20)13-23(27)25(24)30-16-18-6-10-22(26)11-7-18/h4-14H,3,16H2,1-2H3/b21-12-. The number of hydrogen-bond acceptors (Lipinski definition) is 3. The molecule has 0 unspecified atom stereocenters. The Labute approximate surface area is 187 Å². The van der Waals surface area contributed by atoms with Crippen LogP contribution in [0.4, 0.5) is 0 Å². The molecule has 0 aliphatic heterocycles. The third kappa shape index (κ3) is 5.57. The van der Waals surface area contributed by atoms with Crippen molar-refractivity contribution in [1.29, 1.82) is 5.26 Å². The number of halogens is 2. The van der Waals surface area contributed by atoms with Crippen LogP contribution in [0.1, 0.15) is 29.2 Å². The summed E-state index contributed by atoms with van der Waals surface area (Å²) in [6.45, 7) is 4.70. The number of nitriles is 1. The van der Waals surface area contributed by atoms with Gasteiger partial charge in [-0.25, -0.2) is 0 Å². The summed E-state index contributed by atoms with van der Waals surface area (Å²) >= 11 is 12.4. The normalized spacial score (nSPS) is 11.1. The summed E-state index contributed by atoms with van der Waals surface area (Å²) < 4.78 is 11.7. The van der Waals surface area contributed by atoms with E-state index < -0.39 is 0 Å². The molecular formula is C25H21Cl2NO2. The van der Waals surface area contributed by atoms with Gasteiger partial charge in [0.2, 0.25) is 0 Å². The van der Waals surface area contributed by atoms with E-state index in [-0.39, 0.29) is 0 Å². The highest BCUT2D eigenvalue weighted by Gasteiger charge is 2.13. The van der Waals surface area contributed by atoms with Gasteiger partial charge in [0.15, 0.2) is 11.5 Å². The van der Waals surface area contributed by atoms with Crippen molar-refractivity contribution in [3.05, 3.63) is 93.0 Å². The van der Waals surface area contributed by atoms with Crippen molar-refractivity contribution in [2.45, 2.75) is 20.5 Å². The predicted octanol–water partition coefficient (Wildman–Crippen LogP) is 7.34. The van der Waals surface area contributed by atoms with Gasteiger partial charge in [-0.1, -0.05) is 65.2 Å². The first-order chi connectivity index (χ1) is 14.5. The molecule has 0 N–H and O–H groups in total. The zero-order valence-electron chi connectivity index (χ0n) is 16.8. The molecular weight excluding hydrogens is 417 g/mol. The van der Waals surface area contributed by atoms with E-state index in [2.05, 4.69) is 6.07 Å². The number of aryl methyl sites for hydroxylation is 1. The summed E-state index contributed by atoms with van der Waals surface area (Å²) in [5.41, 5.74) is 4.26. The van der Waals surface area contributed by atoms with Gasteiger partial charge in [-0.05, 0) is 60.9 Å². The molecule has 0 atom stereocenters. The summed E-state index contributed by atoms with van der Waals surface area (Å²) in [6, 6.07) is 21.1. The number of benzene rings is 3. The fourth-order valence-electron chi connectivity index (χ4n) is 2.89. The molecule has 0 saturated carbocycles. The molecule has 0 aromatic heterocycles. The first kappa shape index (κ1) is 21.8. The van der Waals surface area contributed by atoms with E-state index in [0.717, 1.165) is 22.3 Å². The number of allylic oxidation sites excluding steroid dienone is 1. The predicted molar refractivity (Wildman–Crippen MR) is 123 cm³/mol. The monoisotopic (exact) mass is 437 g/mol. The van der Waals surface area contributed by atoms with E-state index in [1.807, 2.05) is 68.4 Å². The van der Waals surface area contributed by atoms with Crippen molar-refractivity contribution < 1.29 is 9.47 Å². The molecule has 0 spiro atoms. The summed E-state index contributed by atoms with van der Waals surface area (Å²) in [5, 5.41) is 10.7. The van der Waals surface area contributed by atoms with Crippen LogP contribution in [0.15, 0.2) is 60.7 Å². The van der Waals surface area contributed by atoms with E-state index in [1.54, 1.807) is 12.1 Å². The molecule has 3 aromatic rings. The van der Waals surface area contributed by atoms with Crippen molar-refractivity contribution in [3.8, 4) is 17.6 Å². The lowest BCUT2D eigenvalue weighted by Crippen LogP contribution is -2.01. The van der Waals surface area contributed by atoms with Gasteiger partial charge in [-0.2, -0.15) is 5.26 Å². The van der Waals surface area contributed by atoms with E-state index in [0.29, 0.717) is 40.3 Å². The fourth-order valence-corrected chi connectivity index (χ4v) is 3.29. The fraction of sp³-hybridized carbons (Fsp3) is 0.160. The van der Waals surface area contributed by atoms with E-state index >= 15 is 0 Å². The summed E-state index contributed by atoms with van der Waals surface area (Å²) in [5.74, 6) is 1.01. The molecule has 0 radical (unpaired) electrons. The van der Waals surface area contributed by atoms with Crippen LogP contribution in [0.5, 0.6) is 11.5 Å². The zero-order valence-corrected chi connectivity index (χ0v) is 18.3. The average molecular weight is 438 g/mol. The lowest BCUT2D eigenvalue weighted by atomic mass is 10.0. The van der Waals surface area contributed by atoms with Gasteiger partial charge in [-0.15, -0.1) is 0 Å². The highest BCUT2D eigenvalue weighted by atomic mass is 35.5. The van der Waals surface area contributed by atoms with Gasteiger partial charge in [0, 0.05) is 5.02 Å². The first-order valence-corrected chi connectivity index (χ1v) is 10.3. The maximum atomic E-state index is 9.62. The van der Waals surface area contributed by atoms with Crippen LogP contribution in [0.2, 0.25) is 10.0 Å². The first-order valence-electron chi connectivity index (χ1n) is 9.52.